The van der Waals surface area contributed by atoms with E-state index >= 15 is 0 Å². The van der Waals surface area contributed by atoms with Gasteiger partial charge in [-0.3, -0.25) is 4.57 Å². The third-order valence-corrected chi connectivity index (χ3v) is 4.81. The van der Waals surface area contributed by atoms with E-state index in [1.807, 2.05) is 6.92 Å². The lowest BCUT2D eigenvalue weighted by molar-refractivity contribution is 0.252. The number of aliphatic hydroxyl groups is 1. The summed E-state index contributed by atoms with van der Waals surface area (Å²) in [6.07, 6.45) is 1.30. The Morgan fingerprint density at radius 3 is 2.39 bits per heavy atom. The highest BCUT2D eigenvalue weighted by atomic mass is 35.5. The zero-order valence-corrected chi connectivity index (χ0v) is 13.2. The summed E-state index contributed by atoms with van der Waals surface area (Å²) in [4.78, 5) is 0. The van der Waals surface area contributed by atoms with Crippen LogP contribution in [0.4, 0.5) is 0 Å². The molecule has 0 aliphatic carbocycles. The summed E-state index contributed by atoms with van der Waals surface area (Å²) in [5.74, 6) is 0.718. The summed E-state index contributed by atoms with van der Waals surface area (Å²) < 4.78 is 19.8. The molecule has 0 rings (SSSR count). The van der Waals surface area contributed by atoms with Gasteiger partial charge in [0.05, 0.1) is 6.61 Å². The molecule has 2 N–H and O–H groups in total. The van der Waals surface area contributed by atoms with E-state index in [1.165, 1.54) is 0 Å². The van der Waals surface area contributed by atoms with Crippen molar-refractivity contribution in [1.29, 1.82) is 0 Å². The number of aliphatic hydroxyl groups excluding tert-OH is 1. The predicted octanol–water partition coefficient (Wildman–Crippen LogP) is 2.27. The van der Waals surface area contributed by atoms with Crippen LogP contribution in [-0.2, 0) is 9.09 Å². The minimum absolute atomic E-state index is 0.0474. The predicted molar refractivity (Wildman–Crippen MR) is 76.6 cm³/mol. The SMILES string of the molecule is CCCOP(=O)(NCCCO)N(CCCl)CCCl. The quantitative estimate of drug-likeness (QED) is 0.328. The van der Waals surface area contributed by atoms with Crippen molar-refractivity contribution in [2.75, 3.05) is 44.6 Å². The standard InChI is InChI=1S/C10H23Cl2N2O3P/c1-2-10-17-18(16,13-6-3-9-15)14(7-4-11)8-5-12/h15H,2-10H2,1H3,(H,13,16). The molecule has 0 aromatic heterocycles. The average molecular weight is 321 g/mol. The normalized spacial score (nSPS) is 14.9. The summed E-state index contributed by atoms with van der Waals surface area (Å²) in [7, 11) is -3.11. The molecule has 0 amide bonds. The van der Waals surface area contributed by atoms with Crippen molar-refractivity contribution in [1.82, 2.24) is 9.76 Å². The van der Waals surface area contributed by atoms with Crippen LogP contribution in [0.25, 0.3) is 0 Å². The molecule has 0 radical (unpaired) electrons. The van der Waals surface area contributed by atoms with Crippen LogP contribution >= 0.6 is 30.9 Å². The number of alkyl halides is 2. The molecule has 0 fully saturated rings. The molecule has 5 nitrogen and oxygen atoms in total. The fourth-order valence-corrected chi connectivity index (χ4v) is 4.01. The van der Waals surface area contributed by atoms with Crippen molar-refractivity contribution in [2.24, 2.45) is 0 Å². The van der Waals surface area contributed by atoms with Gasteiger partial charge in [0.2, 0.25) is 0 Å². The molecular weight excluding hydrogens is 298 g/mol. The van der Waals surface area contributed by atoms with Crippen LogP contribution in [0.5, 0.6) is 0 Å². The van der Waals surface area contributed by atoms with Crippen LogP contribution in [0.2, 0.25) is 0 Å². The number of rotatable bonds is 12. The summed E-state index contributed by atoms with van der Waals surface area (Å²) in [6.45, 7) is 3.73. The third kappa shape index (κ3) is 7.29. The second-order valence-electron chi connectivity index (χ2n) is 3.67. The fraction of sp³-hybridized carbons (Fsp3) is 1.00. The van der Waals surface area contributed by atoms with Crippen LogP contribution in [0, 0.1) is 0 Å². The molecule has 0 saturated heterocycles. The summed E-state index contributed by atoms with van der Waals surface area (Å²) in [5, 5.41) is 11.6. The molecule has 0 saturated carbocycles. The molecule has 18 heavy (non-hydrogen) atoms. The van der Waals surface area contributed by atoms with Crippen molar-refractivity contribution in [2.45, 2.75) is 19.8 Å². The van der Waals surface area contributed by atoms with E-state index in [1.54, 1.807) is 4.67 Å². The van der Waals surface area contributed by atoms with Crippen LogP contribution < -0.4 is 5.09 Å². The summed E-state index contributed by atoms with van der Waals surface area (Å²) in [5.41, 5.74) is 0. The molecule has 0 aliphatic rings. The Morgan fingerprint density at radius 2 is 1.94 bits per heavy atom. The Bertz CT molecular complexity index is 241. The Balaban J connectivity index is 4.60. The number of halogens is 2. The lowest BCUT2D eigenvalue weighted by atomic mass is 10.5. The minimum atomic E-state index is -3.11. The fourth-order valence-electron chi connectivity index (χ4n) is 1.31. The topological polar surface area (TPSA) is 61.8 Å². The van der Waals surface area contributed by atoms with E-state index in [0.29, 0.717) is 44.4 Å². The molecular formula is C10H23Cl2N2O3P. The monoisotopic (exact) mass is 320 g/mol. The van der Waals surface area contributed by atoms with E-state index < -0.39 is 7.67 Å². The van der Waals surface area contributed by atoms with Crippen molar-refractivity contribution in [3.05, 3.63) is 0 Å². The lowest BCUT2D eigenvalue weighted by Gasteiger charge is -2.30. The number of hydrogen-bond acceptors (Lipinski definition) is 3. The third-order valence-electron chi connectivity index (χ3n) is 2.17. The first-order valence-corrected chi connectivity index (χ1v) is 8.77. The van der Waals surface area contributed by atoms with Crippen molar-refractivity contribution >= 4 is 30.9 Å². The van der Waals surface area contributed by atoms with Crippen molar-refractivity contribution < 1.29 is 14.2 Å². The second kappa shape index (κ2) is 11.5. The highest BCUT2D eigenvalue weighted by Crippen LogP contribution is 2.46. The van der Waals surface area contributed by atoms with E-state index in [0.717, 1.165) is 6.42 Å². The Labute approximate surface area is 119 Å². The maximum Gasteiger partial charge on any atom is 0.343 e. The maximum absolute atomic E-state index is 12.7. The Kier molecular flexibility index (Phi) is 11.9. The number of nitrogens with zero attached hydrogens (tertiary/aromatic N) is 1. The van der Waals surface area contributed by atoms with Gasteiger partial charge in [0.15, 0.2) is 0 Å². The van der Waals surface area contributed by atoms with Gasteiger partial charge < -0.3 is 9.63 Å². The number of hydrogen-bond donors (Lipinski definition) is 2. The second-order valence-corrected chi connectivity index (χ2v) is 6.61. The molecule has 0 spiro atoms. The van der Waals surface area contributed by atoms with Gasteiger partial charge in [0.1, 0.15) is 0 Å². The molecule has 0 aliphatic heterocycles. The zero-order valence-electron chi connectivity index (χ0n) is 10.8. The van der Waals surface area contributed by atoms with Gasteiger partial charge in [-0.25, -0.2) is 9.76 Å². The average Bonchev–Trinajstić information content (AvgIpc) is 2.36. The molecule has 1 atom stereocenters. The largest absolute Gasteiger partial charge is 0.396 e. The first kappa shape index (κ1) is 18.7. The van der Waals surface area contributed by atoms with Gasteiger partial charge in [0.25, 0.3) is 0 Å². The Hall–Kier alpha value is 0.650. The van der Waals surface area contributed by atoms with Crippen LogP contribution in [0.3, 0.4) is 0 Å². The maximum atomic E-state index is 12.7. The highest BCUT2D eigenvalue weighted by molar-refractivity contribution is 7.54. The van der Waals surface area contributed by atoms with Gasteiger partial charge >= 0.3 is 7.67 Å². The molecule has 0 aromatic carbocycles. The molecule has 0 aromatic rings. The van der Waals surface area contributed by atoms with E-state index in [2.05, 4.69) is 5.09 Å². The first-order chi connectivity index (χ1) is 8.64. The van der Waals surface area contributed by atoms with Gasteiger partial charge in [0, 0.05) is 38.0 Å². The van der Waals surface area contributed by atoms with Crippen molar-refractivity contribution in [3.63, 3.8) is 0 Å². The molecule has 8 heteroatoms. The van der Waals surface area contributed by atoms with Crippen LogP contribution in [-0.4, -0.2) is 54.4 Å². The van der Waals surface area contributed by atoms with Gasteiger partial charge in [-0.1, -0.05) is 6.92 Å². The van der Waals surface area contributed by atoms with Crippen molar-refractivity contribution in [3.8, 4) is 0 Å². The molecule has 0 heterocycles. The smallest absolute Gasteiger partial charge is 0.343 e. The summed E-state index contributed by atoms with van der Waals surface area (Å²) >= 11 is 11.4. The first-order valence-electron chi connectivity index (χ1n) is 6.12. The Morgan fingerprint density at radius 1 is 1.33 bits per heavy atom. The highest BCUT2D eigenvalue weighted by Gasteiger charge is 2.30. The number of nitrogens with one attached hydrogen (secondary N) is 1. The zero-order chi connectivity index (χ0) is 13.9. The van der Waals surface area contributed by atoms with Gasteiger partial charge in [-0.2, -0.15) is 0 Å². The van der Waals surface area contributed by atoms with Gasteiger partial charge in [-0.05, 0) is 12.8 Å². The lowest BCUT2D eigenvalue weighted by Crippen LogP contribution is -2.33. The molecule has 1 unspecified atom stereocenters. The minimum Gasteiger partial charge on any atom is -0.396 e. The van der Waals surface area contributed by atoms with E-state index in [9.17, 15) is 4.57 Å². The molecule has 110 valence electrons. The van der Waals surface area contributed by atoms with Gasteiger partial charge in [-0.15, -0.1) is 23.2 Å². The molecule has 0 bridgehead atoms. The van der Waals surface area contributed by atoms with E-state index in [4.69, 9.17) is 32.8 Å². The van der Waals surface area contributed by atoms with Crippen LogP contribution in [0.15, 0.2) is 0 Å². The summed E-state index contributed by atoms with van der Waals surface area (Å²) in [6, 6.07) is 0. The van der Waals surface area contributed by atoms with Crippen LogP contribution in [0.1, 0.15) is 19.8 Å². The van der Waals surface area contributed by atoms with E-state index in [-0.39, 0.29) is 6.61 Å².